The Labute approximate surface area is 408 Å². The summed E-state index contributed by atoms with van der Waals surface area (Å²) >= 11 is 0. The van der Waals surface area contributed by atoms with Crippen LogP contribution in [0.15, 0.2) is 72.9 Å². The van der Waals surface area contributed by atoms with Crippen LogP contribution in [0.3, 0.4) is 0 Å². The van der Waals surface area contributed by atoms with Gasteiger partial charge in [-0.15, -0.1) is 0 Å². The molecule has 66 heavy (non-hydrogen) atoms. The van der Waals surface area contributed by atoms with E-state index in [9.17, 15) is 14.4 Å². The number of rotatable bonds is 50. The van der Waals surface area contributed by atoms with Crippen LogP contribution in [0, 0.1) is 0 Å². The first kappa shape index (κ1) is 62.8. The predicted octanol–water partition coefficient (Wildman–Crippen LogP) is 18.6. The van der Waals surface area contributed by atoms with E-state index in [1.54, 1.807) is 0 Å². The molecule has 1 atom stereocenters. The van der Waals surface area contributed by atoms with Crippen molar-refractivity contribution in [2.75, 3.05) is 13.2 Å². The summed E-state index contributed by atoms with van der Waals surface area (Å²) in [4.78, 5) is 38.1. The molecule has 0 aliphatic heterocycles. The fourth-order valence-electron chi connectivity index (χ4n) is 7.76. The topological polar surface area (TPSA) is 78.9 Å². The van der Waals surface area contributed by atoms with Crippen molar-refractivity contribution in [1.82, 2.24) is 0 Å². The molecule has 0 bridgehead atoms. The van der Waals surface area contributed by atoms with Gasteiger partial charge in [0.05, 0.1) is 0 Å². The second-order valence-corrected chi connectivity index (χ2v) is 18.5. The van der Waals surface area contributed by atoms with E-state index in [0.29, 0.717) is 19.3 Å². The van der Waals surface area contributed by atoms with E-state index < -0.39 is 6.10 Å². The molecule has 0 fully saturated rings. The molecule has 6 nitrogen and oxygen atoms in total. The van der Waals surface area contributed by atoms with Crippen molar-refractivity contribution in [2.45, 2.75) is 277 Å². The minimum Gasteiger partial charge on any atom is -0.462 e. The second kappa shape index (κ2) is 54.5. The summed E-state index contributed by atoms with van der Waals surface area (Å²) in [6, 6.07) is 0. The van der Waals surface area contributed by atoms with E-state index in [4.69, 9.17) is 14.2 Å². The van der Waals surface area contributed by atoms with Crippen LogP contribution in [0.2, 0.25) is 0 Å². The van der Waals surface area contributed by atoms with Crippen molar-refractivity contribution in [2.24, 2.45) is 0 Å². The number of hydrogen-bond acceptors (Lipinski definition) is 6. The average molecular weight is 921 g/mol. The maximum atomic E-state index is 12.8. The molecule has 0 spiro atoms. The van der Waals surface area contributed by atoms with Gasteiger partial charge in [0.15, 0.2) is 6.10 Å². The minimum absolute atomic E-state index is 0.0841. The van der Waals surface area contributed by atoms with Crippen molar-refractivity contribution >= 4 is 17.9 Å². The first-order chi connectivity index (χ1) is 32.5. The van der Waals surface area contributed by atoms with Gasteiger partial charge in [-0.25, -0.2) is 0 Å². The molecular formula is C60H104O6. The summed E-state index contributed by atoms with van der Waals surface area (Å²) in [5.74, 6) is -0.904. The fourth-order valence-corrected chi connectivity index (χ4v) is 7.76. The zero-order chi connectivity index (χ0) is 47.9. The Kier molecular flexibility index (Phi) is 51.9. The first-order valence-corrected chi connectivity index (χ1v) is 27.9. The molecule has 0 aliphatic carbocycles. The van der Waals surface area contributed by atoms with Crippen molar-refractivity contribution in [1.29, 1.82) is 0 Å². The standard InChI is InChI=1S/C60H104O6/c1-4-7-10-13-16-19-22-25-27-28-29-30-31-32-34-35-38-41-44-47-50-53-59(62)65-56-57(55-64-58(61)52-49-46-43-40-37-24-21-18-15-12-9-6-3)66-60(63)54-51-48-45-42-39-36-33-26-23-20-17-14-11-8-5-2/h7,10,16,18-19,21,25,27,29-30,32,34,57H,4-6,8-9,11-15,17,20,22-24,26,28,31,33,35-56H2,1-3H3/b10-7-,19-16-,21-18-,27-25-,30-29-,34-32-. The first-order valence-electron chi connectivity index (χ1n) is 27.9. The highest BCUT2D eigenvalue weighted by molar-refractivity contribution is 5.71. The number of unbranched alkanes of at least 4 members (excludes halogenated alkanes) is 27. The Morgan fingerprint density at radius 3 is 0.970 bits per heavy atom. The minimum atomic E-state index is -0.785. The number of esters is 3. The molecule has 0 saturated heterocycles. The molecule has 6 heteroatoms. The van der Waals surface area contributed by atoms with E-state index >= 15 is 0 Å². The van der Waals surface area contributed by atoms with Crippen LogP contribution in [0.4, 0.5) is 0 Å². The molecule has 0 aliphatic rings. The molecule has 0 aromatic carbocycles. The van der Waals surface area contributed by atoms with Gasteiger partial charge in [-0.05, 0) is 89.9 Å². The van der Waals surface area contributed by atoms with Crippen LogP contribution in [0.5, 0.6) is 0 Å². The lowest BCUT2D eigenvalue weighted by Crippen LogP contribution is -2.30. The van der Waals surface area contributed by atoms with E-state index in [-0.39, 0.29) is 31.1 Å². The van der Waals surface area contributed by atoms with Gasteiger partial charge in [-0.1, -0.05) is 235 Å². The van der Waals surface area contributed by atoms with E-state index in [1.807, 2.05) is 0 Å². The molecule has 380 valence electrons. The van der Waals surface area contributed by atoms with Gasteiger partial charge in [0, 0.05) is 19.3 Å². The van der Waals surface area contributed by atoms with Crippen LogP contribution >= 0.6 is 0 Å². The third-order valence-electron chi connectivity index (χ3n) is 11.9. The van der Waals surface area contributed by atoms with E-state index in [1.165, 1.54) is 116 Å². The van der Waals surface area contributed by atoms with Gasteiger partial charge in [0.1, 0.15) is 13.2 Å². The zero-order valence-electron chi connectivity index (χ0n) is 43.4. The lowest BCUT2D eigenvalue weighted by molar-refractivity contribution is -0.167. The van der Waals surface area contributed by atoms with Crippen LogP contribution < -0.4 is 0 Å². The number of carbonyl (C=O) groups is 3. The molecule has 0 heterocycles. The van der Waals surface area contributed by atoms with Gasteiger partial charge >= 0.3 is 17.9 Å². The third kappa shape index (κ3) is 51.8. The van der Waals surface area contributed by atoms with Crippen LogP contribution in [-0.2, 0) is 28.6 Å². The summed E-state index contributed by atoms with van der Waals surface area (Å²) in [6.07, 6.45) is 68.8. The fraction of sp³-hybridized carbons (Fsp3) is 0.750. The Morgan fingerprint density at radius 1 is 0.318 bits per heavy atom. The molecule has 0 amide bonds. The van der Waals surface area contributed by atoms with E-state index in [0.717, 1.165) is 116 Å². The highest BCUT2D eigenvalue weighted by atomic mass is 16.6. The monoisotopic (exact) mass is 921 g/mol. The normalized spacial score (nSPS) is 12.6. The number of ether oxygens (including phenoxy) is 3. The van der Waals surface area contributed by atoms with Gasteiger partial charge in [0.25, 0.3) is 0 Å². The number of carbonyl (C=O) groups excluding carboxylic acids is 3. The summed E-state index contributed by atoms with van der Waals surface area (Å²) in [5.41, 5.74) is 0. The molecule has 0 radical (unpaired) electrons. The SMILES string of the molecule is CC/C=C\C/C=C\C/C=C\C/C=C\C/C=C\CCCCCCCC(=O)OCC(COC(=O)CCCCCCC/C=C\CCCCC)OC(=O)CCCCCCCCCCCCCCCCC. The summed E-state index contributed by atoms with van der Waals surface area (Å²) in [7, 11) is 0. The predicted molar refractivity (Wildman–Crippen MR) is 284 cm³/mol. The largest absolute Gasteiger partial charge is 0.462 e. The Balaban J connectivity index is 4.38. The summed E-state index contributed by atoms with van der Waals surface area (Å²) < 4.78 is 16.8. The Hall–Kier alpha value is -3.15. The lowest BCUT2D eigenvalue weighted by atomic mass is 10.0. The van der Waals surface area contributed by atoms with Gasteiger partial charge in [-0.3, -0.25) is 14.4 Å². The lowest BCUT2D eigenvalue weighted by Gasteiger charge is -2.18. The Bertz CT molecular complexity index is 1240. The quantitative estimate of drug-likeness (QED) is 0.0262. The summed E-state index contributed by atoms with van der Waals surface area (Å²) in [6.45, 7) is 6.49. The van der Waals surface area contributed by atoms with Crippen molar-refractivity contribution in [3.8, 4) is 0 Å². The Morgan fingerprint density at radius 2 is 0.591 bits per heavy atom. The maximum absolute atomic E-state index is 12.8. The van der Waals surface area contributed by atoms with Gasteiger partial charge in [-0.2, -0.15) is 0 Å². The van der Waals surface area contributed by atoms with Gasteiger partial charge in [0.2, 0.25) is 0 Å². The zero-order valence-corrected chi connectivity index (χ0v) is 43.4. The summed E-state index contributed by atoms with van der Waals surface area (Å²) in [5, 5.41) is 0. The molecule has 1 unspecified atom stereocenters. The number of hydrogen-bond donors (Lipinski definition) is 0. The average Bonchev–Trinajstić information content (AvgIpc) is 3.31. The van der Waals surface area contributed by atoms with E-state index in [2.05, 4.69) is 93.7 Å². The maximum Gasteiger partial charge on any atom is 0.306 e. The number of allylic oxidation sites excluding steroid dienone is 12. The van der Waals surface area contributed by atoms with Crippen molar-refractivity contribution in [3.05, 3.63) is 72.9 Å². The smallest absolute Gasteiger partial charge is 0.306 e. The molecule has 0 rings (SSSR count). The second-order valence-electron chi connectivity index (χ2n) is 18.5. The van der Waals surface area contributed by atoms with Crippen LogP contribution in [0.1, 0.15) is 271 Å². The van der Waals surface area contributed by atoms with Gasteiger partial charge < -0.3 is 14.2 Å². The third-order valence-corrected chi connectivity index (χ3v) is 11.9. The molecule has 0 saturated carbocycles. The molecular weight excluding hydrogens is 817 g/mol. The molecule has 0 aromatic heterocycles. The van der Waals surface area contributed by atoms with Crippen LogP contribution in [-0.4, -0.2) is 37.2 Å². The molecule has 0 aromatic rings. The van der Waals surface area contributed by atoms with Crippen molar-refractivity contribution < 1.29 is 28.6 Å². The molecule has 0 N–H and O–H groups in total. The highest BCUT2D eigenvalue weighted by Gasteiger charge is 2.19. The van der Waals surface area contributed by atoms with Crippen LogP contribution in [0.25, 0.3) is 0 Å². The highest BCUT2D eigenvalue weighted by Crippen LogP contribution is 2.15. The van der Waals surface area contributed by atoms with Crippen molar-refractivity contribution in [3.63, 3.8) is 0 Å².